The van der Waals surface area contributed by atoms with Gasteiger partial charge in [-0.25, -0.2) is 0 Å². The first kappa shape index (κ1) is 34.3. The van der Waals surface area contributed by atoms with Crippen LogP contribution in [0.25, 0.3) is 0 Å². The molecule has 0 aromatic carbocycles. The Morgan fingerprint density at radius 2 is 1.26 bits per heavy atom. The molecular weight excluding hydrogens is 450 g/mol. The zero-order valence-electron chi connectivity index (χ0n) is 24.2. The average molecular weight is 512 g/mol. The summed E-state index contributed by atoms with van der Waals surface area (Å²) in [6.07, 6.45) is 23.6. The Morgan fingerprint density at radius 1 is 0.771 bits per heavy atom. The Balaban J connectivity index is 4.62. The summed E-state index contributed by atoms with van der Waals surface area (Å²) >= 11 is 0. The lowest BCUT2D eigenvalue weighted by atomic mass is 10.0. The number of nitrogens with one attached hydrogen (secondary N) is 1. The quantitative estimate of drug-likeness (QED) is 0.0732. The molecule has 0 rings (SSSR count). The van der Waals surface area contributed by atoms with Crippen molar-refractivity contribution >= 4 is 14.2 Å². The molecule has 0 fully saturated rings. The van der Waals surface area contributed by atoms with Gasteiger partial charge in [-0.3, -0.25) is 4.79 Å². The molecule has 0 aromatic heterocycles. The first-order valence-electron chi connectivity index (χ1n) is 15.3. The Labute approximate surface area is 220 Å². The van der Waals surface area contributed by atoms with E-state index in [-0.39, 0.29) is 24.7 Å². The highest BCUT2D eigenvalue weighted by atomic mass is 28.4. The fourth-order valence-electron chi connectivity index (χ4n) is 4.75. The summed E-state index contributed by atoms with van der Waals surface area (Å²) in [6, 6.07) is 2.82. The molecule has 35 heavy (non-hydrogen) atoms. The van der Waals surface area contributed by atoms with Gasteiger partial charge in [0.15, 0.2) is 8.32 Å². The molecule has 0 aliphatic rings. The molecule has 2 atom stereocenters. The minimum absolute atomic E-state index is 0.0293. The number of allylic oxidation sites excluding steroid dienone is 1. The van der Waals surface area contributed by atoms with Crippen molar-refractivity contribution < 1.29 is 14.3 Å². The lowest BCUT2D eigenvalue weighted by Gasteiger charge is -2.35. The van der Waals surface area contributed by atoms with Gasteiger partial charge < -0.3 is 14.8 Å². The molecule has 0 unspecified atom stereocenters. The second-order valence-corrected chi connectivity index (χ2v) is 15.1. The maximum absolute atomic E-state index is 12.5. The van der Waals surface area contributed by atoms with Gasteiger partial charge in [0.2, 0.25) is 5.91 Å². The minimum atomic E-state index is -1.86. The highest BCUT2D eigenvalue weighted by Crippen LogP contribution is 2.25. The van der Waals surface area contributed by atoms with Crippen LogP contribution in [0.5, 0.6) is 0 Å². The van der Waals surface area contributed by atoms with Crippen LogP contribution in [0.2, 0.25) is 18.1 Å². The maximum atomic E-state index is 12.5. The topological polar surface area (TPSA) is 58.6 Å². The van der Waals surface area contributed by atoms with E-state index in [2.05, 4.69) is 52.1 Å². The molecule has 5 heteroatoms. The standard InChI is InChI=1S/C30H61NO3Si/c1-6-11-13-14-15-16-17-18-19-20-21-22-24-25-29(34-35(8-3,9-4)10-5)28(27-32)31-30(33)26-23-12-7-2/h24-25,28-29,32H,6-23,26-27H2,1-5H3,(H,31,33)/b25-24+/t28-,29+/m0/s1. The summed E-state index contributed by atoms with van der Waals surface area (Å²) < 4.78 is 6.75. The van der Waals surface area contributed by atoms with Gasteiger partial charge >= 0.3 is 0 Å². The van der Waals surface area contributed by atoms with Gasteiger partial charge in [0, 0.05) is 6.42 Å². The molecular formula is C30H61NO3Si. The summed E-state index contributed by atoms with van der Waals surface area (Å²) in [4.78, 5) is 12.5. The molecule has 4 nitrogen and oxygen atoms in total. The van der Waals surface area contributed by atoms with E-state index in [1.54, 1.807) is 0 Å². The van der Waals surface area contributed by atoms with Crippen molar-refractivity contribution in [2.75, 3.05) is 6.61 Å². The van der Waals surface area contributed by atoms with Crippen molar-refractivity contribution in [2.24, 2.45) is 0 Å². The fourth-order valence-corrected chi connectivity index (χ4v) is 7.57. The second kappa shape index (κ2) is 23.7. The Kier molecular flexibility index (Phi) is 23.3. The van der Waals surface area contributed by atoms with Crippen LogP contribution < -0.4 is 5.32 Å². The molecule has 0 saturated heterocycles. The van der Waals surface area contributed by atoms with Crippen LogP contribution in [0.1, 0.15) is 137 Å². The molecule has 208 valence electrons. The highest BCUT2D eigenvalue weighted by Gasteiger charge is 2.34. The lowest BCUT2D eigenvalue weighted by Crippen LogP contribution is -2.51. The van der Waals surface area contributed by atoms with Crippen LogP contribution >= 0.6 is 0 Å². The summed E-state index contributed by atoms with van der Waals surface area (Å²) in [7, 11) is -1.86. The van der Waals surface area contributed by atoms with Crippen molar-refractivity contribution in [1.29, 1.82) is 0 Å². The van der Waals surface area contributed by atoms with Crippen LogP contribution in [0.15, 0.2) is 12.2 Å². The molecule has 1 amide bonds. The van der Waals surface area contributed by atoms with Crippen molar-refractivity contribution in [1.82, 2.24) is 5.32 Å². The van der Waals surface area contributed by atoms with Gasteiger partial charge in [0.1, 0.15) is 0 Å². The van der Waals surface area contributed by atoms with Gasteiger partial charge in [-0.2, -0.15) is 0 Å². The van der Waals surface area contributed by atoms with Crippen LogP contribution in [-0.2, 0) is 9.22 Å². The fraction of sp³-hybridized carbons (Fsp3) is 0.900. The molecule has 0 heterocycles. The van der Waals surface area contributed by atoms with E-state index in [0.29, 0.717) is 6.42 Å². The van der Waals surface area contributed by atoms with Crippen molar-refractivity contribution in [3.63, 3.8) is 0 Å². The number of carbonyl (C=O) groups excluding carboxylic acids is 1. The number of amides is 1. The van der Waals surface area contributed by atoms with Crippen LogP contribution in [0.3, 0.4) is 0 Å². The largest absolute Gasteiger partial charge is 0.408 e. The molecule has 0 aromatic rings. The smallest absolute Gasteiger partial charge is 0.220 e. The predicted molar refractivity (Wildman–Crippen MR) is 155 cm³/mol. The van der Waals surface area contributed by atoms with Crippen LogP contribution in [0, 0.1) is 0 Å². The Hall–Kier alpha value is -0.653. The van der Waals surface area contributed by atoms with Gasteiger partial charge in [0.05, 0.1) is 18.8 Å². The SMILES string of the molecule is CCCCCCCCCCCCC/C=C/[C@@H](O[Si](CC)(CC)CC)[C@H](CO)NC(=O)CCCCC. The first-order chi connectivity index (χ1) is 17.0. The number of unbranched alkanes of at least 4 members (excludes halogenated alkanes) is 13. The van der Waals surface area contributed by atoms with Crippen LogP contribution in [-0.4, -0.2) is 38.1 Å². The number of rotatable bonds is 25. The van der Waals surface area contributed by atoms with Gasteiger partial charge in [0.25, 0.3) is 0 Å². The maximum Gasteiger partial charge on any atom is 0.220 e. The molecule has 0 aliphatic carbocycles. The Morgan fingerprint density at radius 3 is 1.74 bits per heavy atom. The predicted octanol–water partition coefficient (Wildman–Crippen LogP) is 8.69. The number of hydrogen-bond donors (Lipinski definition) is 2. The minimum Gasteiger partial charge on any atom is -0.408 e. The van der Waals surface area contributed by atoms with Crippen LogP contribution in [0.4, 0.5) is 0 Å². The molecule has 0 aliphatic heterocycles. The van der Waals surface area contributed by atoms with E-state index < -0.39 is 8.32 Å². The third-order valence-corrected chi connectivity index (χ3v) is 12.2. The lowest BCUT2D eigenvalue weighted by molar-refractivity contribution is -0.122. The summed E-state index contributed by atoms with van der Waals surface area (Å²) in [5.41, 5.74) is 0. The average Bonchev–Trinajstić information content (AvgIpc) is 2.88. The third-order valence-electron chi connectivity index (χ3n) is 7.57. The van der Waals surface area contributed by atoms with E-state index in [9.17, 15) is 9.90 Å². The number of aliphatic hydroxyl groups is 1. The number of aliphatic hydroxyl groups excluding tert-OH is 1. The second-order valence-electron chi connectivity index (χ2n) is 10.4. The molecule has 0 radical (unpaired) electrons. The number of carbonyl (C=O) groups is 1. The Bertz CT molecular complexity index is 500. The van der Waals surface area contributed by atoms with E-state index in [1.807, 2.05) is 0 Å². The molecule has 2 N–H and O–H groups in total. The zero-order chi connectivity index (χ0) is 26.2. The third kappa shape index (κ3) is 17.4. The van der Waals surface area contributed by atoms with E-state index in [0.717, 1.165) is 43.8 Å². The number of hydrogen-bond acceptors (Lipinski definition) is 3. The van der Waals surface area contributed by atoms with Crippen molar-refractivity contribution in [3.8, 4) is 0 Å². The first-order valence-corrected chi connectivity index (χ1v) is 17.8. The summed E-state index contributed by atoms with van der Waals surface area (Å²) in [5.74, 6) is 0.0293. The summed E-state index contributed by atoms with van der Waals surface area (Å²) in [5, 5.41) is 13.2. The summed E-state index contributed by atoms with van der Waals surface area (Å²) in [6.45, 7) is 11.0. The normalized spacial score (nSPS) is 13.9. The van der Waals surface area contributed by atoms with Gasteiger partial charge in [-0.15, -0.1) is 0 Å². The van der Waals surface area contributed by atoms with Crippen molar-refractivity contribution in [3.05, 3.63) is 12.2 Å². The van der Waals surface area contributed by atoms with E-state index in [1.165, 1.54) is 70.6 Å². The van der Waals surface area contributed by atoms with E-state index >= 15 is 0 Å². The molecule has 0 bridgehead atoms. The molecule has 0 saturated carbocycles. The van der Waals surface area contributed by atoms with E-state index in [4.69, 9.17) is 4.43 Å². The van der Waals surface area contributed by atoms with Crippen molar-refractivity contribution in [2.45, 2.75) is 168 Å². The van der Waals surface area contributed by atoms with Gasteiger partial charge in [-0.05, 0) is 37.4 Å². The highest BCUT2D eigenvalue weighted by molar-refractivity contribution is 6.73. The van der Waals surface area contributed by atoms with Gasteiger partial charge in [-0.1, -0.05) is 124 Å². The monoisotopic (exact) mass is 511 g/mol. The molecule has 0 spiro atoms. The zero-order valence-corrected chi connectivity index (χ0v) is 25.2.